The molecule has 3 rings (SSSR count). The number of hydrogen-bond donors (Lipinski definition) is 1. The van der Waals surface area contributed by atoms with Crippen molar-refractivity contribution in [1.29, 1.82) is 0 Å². The van der Waals surface area contributed by atoms with Crippen LogP contribution in [0.15, 0.2) is 24.3 Å². The average Bonchev–Trinajstić information content (AvgIpc) is 3.48. The minimum atomic E-state index is -0.368. The SMILES string of the molecule is CCOC1(c2cccc(C(N)=O)c2)C(C)CCCC1CN(CC)CC1CC1. The number of ether oxygens (including phenoxy) is 1. The third-order valence-electron chi connectivity index (χ3n) is 6.65. The van der Waals surface area contributed by atoms with Crippen molar-refractivity contribution >= 4 is 5.91 Å². The van der Waals surface area contributed by atoms with Gasteiger partial charge in [-0.25, -0.2) is 0 Å². The van der Waals surface area contributed by atoms with E-state index in [1.54, 1.807) is 6.07 Å². The Balaban J connectivity index is 1.95. The summed E-state index contributed by atoms with van der Waals surface area (Å²) in [5, 5.41) is 0. The highest BCUT2D eigenvalue weighted by Crippen LogP contribution is 2.49. The Hall–Kier alpha value is -1.39. The molecule has 0 spiro atoms. The van der Waals surface area contributed by atoms with Crippen LogP contribution in [0, 0.1) is 17.8 Å². The summed E-state index contributed by atoms with van der Waals surface area (Å²) in [6.07, 6.45) is 6.35. The minimum absolute atomic E-state index is 0.338. The van der Waals surface area contributed by atoms with E-state index in [0.717, 1.165) is 31.0 Å². The predicted octanol–water partition coefficient (Wildman–Crippen LogP) is 4.19. The maximum Gasteiger partial charge on any atom is 0.248 e. The first-order chi connectivity index (χ1) is 13.0. The molecule has 3 unspecified atom stereocenters. The number of nitrogens with zero attached hydrogens (tertiary/aromatic N) is 1. The van der Waals surface area contributed by atoms with Gasteiger partial charge in [-0.3, -0.25) is 4.79 Å². The molecule has 2 saturated carbocycles. The fraction of sp³-hybridized carbons (Fsp3) is 0.696. The van der Waals surface area contributed by atoms with E-state index in [9.17, 15) is 4.79 Å². The maximum absolute atomic E-state index is 11.8. The van der Waals surface area contributed by atoms with Crippen molar-refractivity contribution in [3.05, 3.63) is 35.4 Å². The van der Waals surface area contributed by atoms with E-state index in [0.29, 0.717) is 24.0 Å². The van der Waals surface area contributed by atoms with Gasteiger partial charge >= 0.3 is 0 Å². The van der Waals surface area contributed by atoms with Crippen molar-refractivity contribution in [2.45, 2.75) is 58.5 Å². The Labute approximate surface area is 164 Å². The number of rotatable bonds is 9. The number of carbonyl (C=O) groups excluding carboxylic acids is 1. The summed E-state index contributed by atoms with van der Waals surface area (Å²) in [5.41, 5.74) is 6.94. The molecule has 0 heterocycles. The Bertz CT molecular complexity index is 643. The lowest BCUT2D eigenvalue weighted by Gasteiger charge is -2.50. The third kappa shape index (κ3) is 4.38. The highest BCUT2D eigenvalue weighted by atomic mass is 16.5. The van der Waals surface area contributed by atoms with E-state index in [1.807, 2.05) is 12.1 Å². The van der Waals surface area contributed by atoms with Crippen molar-refractivity contribution in [2.75, 3.05) is 26.2 Å². The fourth-order valence-electron chi connectivity index (χ4n) is 5.06. The summed E-state index contributed by atoms with van der Waals surface area (Å²) in [7, 11) is 0. The number of nitrogens with two attached hydrogens (primary N) is 1. The zero-order chi connectivity index (χ0) is 19.4. The molecule has 2 aliphatic carbocycles. The molecule has 150 valence electrons. The summed E-state index contributed by atoms with van der Waals surface area (Å²) >= 11 is 0. The van der Waals surface area contributed by atoms with Crippen LogP contribution in [-0.4, -0.2) is 37.0 Å². The lowest BCUT2D eigenvalue weighted by molar-refractivity contribution is -0.150. The first kappa shape index (κ1) is 20.3. The van der Waals surface area contributed by atoms with Gasteiger partial charge in [-0.15, -0.1) is 0 Å². The Morgan fingerprint density at radius 3 is 2.63 bits per heavy atom. The molecule has 2 aliphatic rings. The standard InChI is InChI=1S/C23H36N2O2/c1-4-25(15-18-12-13-18)16-21-11-6-8-17(3)23(21,27-5-2)20-10-7-9-19(14-20)22(24)26/h7,9-10,14,17-18,21H,4-6,8,11-13,15-16H2,1-3H3,(H2,24,26). The van der Waals surface area contributed by atoms with Crippen molar-refractivity contribution < 1.29 is 9.53 Å². The molecule has 0 aliphatic heterocycles. The van der Waals surface area contributed by atoms with Gasteiger partial charge in [-0.05, 0) is 68.7 Å². The number of primary amides is 1. The number of amides is 1. The Morgan fingerprint density at radius 1 is 1.22 bits per heavy atom. The van der Waals surface area contributed by atoms with Gasteiger partial charge in [-0.2, -0.15) is 0 Å². The van der Waals surface area contributed by atoms with Gasteiger partial charge in [0.2, 0.25) is 5.91 Å². The monoisotopic (exact) mass is 372 g/mol. The molecule has 2 fully saturated rings. The quantitative estimate of drug-likeness (QED) is 0.707. The molecule has 0 aromatic heterocycles. The van der Waals surface area contributed by atoms with E-state index >= 15 is 0 Å². The van der Waals surface area contributed by atoms with Crippen LogP contribution in [0.4, 0.5) is 0 Å². The largest absolute Gasteiger partial charge is 0.370 e. The van der Waals surface area contributed by atoms with Crippen LogP contribution in [-0.2, 0) is 10.3 Å². The third-order valence-corrected chi connectivity index (χ3v) is 6.65. The minimum Gasteiger partial charge on any atom is -0.370 e. The molecule has 1 aromatic carbocycles. The number of benzene rings is 1. The van der Waals surface area contributed by atoms with Crippen LogP contribution < -0.4 is 5.73 Å². The van der Waals surface area contributed by atoms with Gasteiger partial charge in [0, 0.05) is 31.2 Å². The normalized spacial score (nSPS) is 28.4. The molecule has 0 bridgehead atoms. The fourth-order valence-corrected chi connectivity index (χ4v) is 5.06. The molecule has 2 N–H and O–H groups in total. The van der Waals surface area contributed by atoms with Crippen LogP contribution in [0.5, 0.6) is 0 Å². The zero-order valence-corrected chi connectivity index (χ0v) is 17.2. The van der Waals surface area contributed by atoms with Crippen molar-refractivity contribution in [3.8, 4) is 0 Å². The van der Waals surface area contributed by atoms with Gasteiger partial charge in [0.15, 0.2) is 0 Å². The Morgan fingerprint density at radius 2 is 2.00 bits per heavy atom. The van der Waals surface area contributed by atoms with Gasteiger partial charge in [0.05, 0.1) is 5.60 Å². The molecular formula is C23H36N2O2. The molecule has 1 aromatic rings. The van der Waals surface area contributed by atoms with Crippen LogP contribution in [0.1, 0.15) is 68.8 Å². The number of carbonyl (C=O) groups is 1. The van der Waals surface area contributed by atoms with Crippen molar-refractivity contribution in [2.24, 2.45) is 23.5 Å². The summed E-state index contributed by atoms with van der Waals surface area (Å²) in [4.78, 5) is 14.4. The summed E-state index contributed by atoms with van der Waals surface area (Å²) in [6, 6.07) is 7.87. The van der Waals surface area contributed by atoms with Crippen LogP contribution >= 0.6 is 0 Å². The summed E-state index contributed by atoms with van der Waals surface area (Å²) < 4.78 is 6.60. The van der Waals surface area contributed by atoms with Crippen LogP contribution in [0.3, 0.4) is 0 Å². The van der Waals surface area contributed by atoms with E-state index < -0.39 is 0 Å². The van der Waals surface area contributed by atoms with E-state index in [4.69, 9.17) is 10.5 Å². The first-order valence-corrected chi connectivity index (χ1v) is 10.8. The molecule has 1 amide bonds. The lowest BCUT2D eigenvalue weighted by atomic mass is 9.65. The van der Waals surface area contributed by atoms with E-state index in [2.05, 4.69) is 31.7 Å². The second-order valence-corrected chi connectivity index (χ2v) is 8.50. The molecule has 0 radical (unpaired) electrons. The molecule has 0 saturated heterocycles. The Kier molecular flexibility index (Phi) is 6.59. The average molecular weight is 373 g/mol. The molecule has 3 atom stereocenters. The maximum atomic E-state index is 11.8. The number of hydrogen-bond acceptors (Lipinski definition) is 3. The van der Waals surface area contributed by atoms with E-state index in [1.165, 1.54) is 32.2 Å². The summed E-state index contributed by atoms with van der Waals surface area (Å²) in [6.45, 7) is 10.7. The molecule has 27 heavy (non-hydrogen) atoms. The molecule has 4 nitrogen and oxygen atoms in total. The van der Waals surface area contributed by atoms with Crippen molar-refractivity contribution in [3.63, 3.8) is 0 Å². The molecule has 4 heteroatoms. The predicted molar refractivity (Wildman–Crippen MR) is 110 cm³/mol. The highest BCUT2D eigenvalue weighted by Gasteiger charge is 2.48. The smallest absolute Gasteiger partial charge is 0.248 e. The second-order valence-electron chi connectivity index (χ2n) is 8.50. The van der Waals surface area contributed by atoms with E-state index in [-0.39, 0.29) is 11.5 Å². The van der Waals surface area contributed by atoms with Crippen molar-refractivity contribution in [1.82, 2.24) is 4.90 Å². The molecular weight excluding hydrogens is 336 g/mol. The van der Waals surface area contributed by atoms with Gasteiger partial charge in [-0.1, -0.05) is 32.4 Å². The lowest BCUT2D eigenvalue weighted by Crippen LogP contribution is -2.51. The van der Waals surface area contributed by atoms with Gasteiger partial charge in [0.25, 0.3) is 0 Å². The van der Waals surface area contributed by atoms with Gasteiger partial charge in [0.1, 0.15) is 0 Å². The van der Waals surface area contributed by atoms with Crippen LogP contribution in [0.25, 0.3) is 0 Å². The summed E-state index contributed by atoms with van der Waals surface area (Å²) in [5.74, 6) is 1.38. The van der Waals surface area contributed by atoms with Crippen LogP contribution in [0.2, 0.25) is 0 Å². The second kappa shape index (κ2) is 8.74. The van der Waals surface area contributed by atoms with Gasteiger partial charge < -0.3 is 15.4 Å². The highest BCUT2D eigenvalue weighted by molar-refractivity contribution is 5.92. The first-order valence-electron chi connectivity index (χ1n) is 10.8. The topological polar surface area (TPSA) is 55.6 Å². The zero-order valence-electron chi connectivity index (χ0n) is 17.2.